The molecule has 0 aliphatic heterocycles. The Labute approximate surface area is 127 Å². The number of pyridine rings is 1. The summed E-state index contributed by atoms with van der Waals surface area (Å²) >= 11 is 0. The van der Waals surface area contributed by atoms with Crippen molar-refractivity contribution < 1.29 is 9.32 Å². The van der Waals surface area contributed by atoms with E-state index in [1.807, 2.05) is 37.3 Å². The first-order valence-electron chi connectivity index (χ1n) is 7.38. The van der Waals surface area contributed by atoms with Crippen LogP contribution in [0.1, 0.15) is 33.7 Å². The van der Waals surface area contributed by atoms with Gasteiger partial charge < -0.3 is 9.84 Å². The van der Waals surface area contributed by atoms with Crippen molar-refractivity contribution in [3.63, 3.8) is 0 Å². The molecule has 0 bridgehead atoms. The summed E-state index contributed by atoms with van der Waals surface area (Å²) in [4.78, 5) is 17.3. The van der Waals surface area contributed by atoms with Gasteiger partial charge >= 0.3 is 0 Å². The van der Waals surface area contributed by atoms with E-state index in [-0.39, 0.29) is 5.91 Å². The molecular formula is C17H15N3O2. The fourth-order valence-electron chi connectivity index (χ4n) is 3.08. The van der Waals surface area contributed by atoms with Crippen LogP contribution in [0.4, 0.5) is 5.69 Å². The SMILES string of the molecule is Cc1noc2nc3c(c(C(=O)Nc4ccccc4)c12)CCC3. The Balaban J connectivity index is 1.86. The number of anilines is 1. The van der Waals surface area contributed by atoms with Crippen LogP contribution >= 0.6 is 0 Å². The molecule has 0 spiro atoms. The van der Waals surface area contributed by atoms with Crippen LogP contribution in [0.3, 0.4) is 0 Å². The highest BCUT2D eigenvalue weighted by Gasteiger charge is 2.27. The van der Waals surface area contributed by atoms with E-state index >= 15 is 0 Å². The maximum atomic E-state index is 12.8. The average molecular weight is 293 g/mol. The first-order valence-corrected chi connectivity index (χ1v) is 7.38. The van der Waals surface area contributed by atoms with Crippen molar-refractivity contribution in [2.45, 2.75) is 26.2 Å². The van der Waals surface area contributed by atoms with Crippen molar-refractivity contribution in [3.8, 4) is 0 Å². The van der Waals surface area contributed by atoms with Gasteiger partial charge in [-0.05, 0) is 43.9 Å². The summed E-state index contributed by atoms with van der Waals surface area (Å²) in [6.45, 7) is 1.84. The highest BCUT2D eigenvalue weighted by atomic mass is 16.5. The fraction of sp³-hybridized carbons (Fsp3) is 0.235. The van der Waals surface area contributed by atoms with Crippen molar-refractivity contribution in [2.24, 2.45) is 0 Å². The summed E-state index contributed by atoms with van der Waals surface area (Å²) in [5.74, 6) is -0.122. The number of hydrogen-bond donors (Lipinski definition) is 1. The lowest BCUT2D eigenvalue weighted by molar-refractivity contribution is 0.102. The van der Waals surface area contributed by atoms with E-state index in [1.165, 1.54) is 0 Å². The molecule has 110 valence electrons. The highest BCUT2D eigenvalue weighted by Crippen LogP contribution is 2.32. The van der Waals surface area contributed by atoms with Crippen LogP contribution in [0.25, 0.3) is 11.1 Å². The van der Waals surface area contributed by atoms with Gasteiger partial charge in [0.25, 0.3) is 11.6 Å². The summed E-state index contributed by atoms with van der Waals surface area (Å²) in [6, 6.07) is 9.45. The summed E-state index contributed by atoms with van der Waals surface area (Å²) in [7, 11) is 0. The van der Waals surface area contributed by atoms with Crippen molar-refractivity contribution in [2.75, 3.05) is 5.32 Å². The molecule has 0 saturated carbocycles. The lowest BCUT2D eigenvalue weighted by Crippen LogP contribution is -2.15. The molecule has 0 fully saturated rings. The smallest absolute Gasteiger partial charge is 0.259 e. The quantitative estimate of drug-likeness (QED) is 0.787. The number of carbonyl (C=O) groups is 1. The third kappa shape index (κ3) is 1.97. The van der Waals surface area contributed by atoms with Crippen LogP contribution in [-0.4, -0.2) is 16.0 Å². The number of rotatable bonds is 2. The third-order valence-corrected chi connectivity index (χ3v) is 4.08. The van der Waals surface area contributed by atoms with Gasteiger partial charge in [-0.15, -0.1) is 0 Å². The molecule has 0 saturated heterocycles. The summed E-state index contributed by atoms with van der Waals surface area (Å²) in [5, 5.41) is 7.66. The van der Waals surface area contributed by atoms with Crippen LogP contribution < -0.4 is 5.32 Å². The minimum Gasteiger partial charge on any atom is -0.336 e. The second-order valence-electron chi connectivity index (χ2n) is 5.53. The minimum atomic E-state index is -0.122. The average Bonchev–Trinajstić information content (AvgIpc) is 3.13. The van der Waals surface area contributed by atoms with Crippen LogP contribution in [0.15, 0.2) is 34.9 Å². The molecule has 1 aliphatic carbocycles. The van der Waals surface area contributed by atoms with Gasteiger partial charge in [-0.2, -0.15) is 0 Å². The van der Waals surface area contributed by atoms with Gasteiger partial charge in [-0.1, -0.05) is 23.4 Å². The molecule has 1 N–H and O–H groups in total. The van der Waals surface area contributed by atoms with Gasteiger partial charge in [0.1, 0.15) is 0 Å². The van der Waals surface area contributed by atoms with Gasteiger partial charge in [-0.3, -0.25) is 4.79 Å². The zero-order valence-corrected chi connectivity index (χ0v) is 12.2. The van der Waals surface area contributed by atoms with E-state index in [4.69, 9.17) is 4.52 Å². The molecule has 0 unspecified atom stereocenters. The Morgan fingerprint density at radius 2 is 2.05 bits per heavy atom. The zero-order chi connectivity index (χ0) is 15.1. The second kappa shape index (κ2) is 4.94. The van der Waals surface area contributed by atoms with Crippen molar-refractivity contribution in [1.29, 1.82) is 0 Å². The Morgan fingerprint density at radius 1 is 1.23 bits per heavy atom. The Hall–Kier alpha value is -2.69. The number of benzene rings is 1. The van der Waals surface area contributed by atoms with Gasteiger partial charge in [0.2, 0.25) is 0 Å². The van der Waals surface area contributed by atoms with Gasteiger partial charge in [0, 0.05) is 11.4 Å². The number of aromatic nitrogens is 2. The molecule has 2 aromatic heterocycles. The third-order valence-electron chi connectivity index (χ3n) is 4.08. The highest BCUT2D eigenvalue weighted by molar-refractivity contribution is 6.13. The molecule has 22 heavy (non-hydrogen) atoms. The summed E-state index contributed by atoms with van der Waals surface area (Å²) < 4.78 is 5.27. The van der Waals surface area contributed by atoms with Gasteiger partial charge in [0.15, 0.2) is 0 Å². The summed E-state index contributed by atoms with van der Waals surface area (Å²) in [5.41, 5.74) is 4.60. The standard InChI is InChI=1S/C17H15N3O2/c1-10-14-15(16(21)18-11-6-3-2-4-7-11)12-8-5-9-13(12)19-17(14)22-20-10/h2-4,6-7H,5,8-9H2,1H3,(H,18,21). The lowest BCUT2D eigenvalue weighted by Gasteiger charge is -2.10. The van der Waals surface area contributed by atoms with Gasteiger partial charge in [-0.25, -0.2) is 4.98 Å². The molecule has 0 radical (unpaired) electrons. The Kier molecular flexibility index (Phi) is 2.92. The van der Waals surface area contributed by atoms with Crippen LogP contribution in [0.5, 0.6) is 0 Å². The predicted octanol–water partition coefficient (Wildman–Crippen LogP) is 3.27. The number of para-hydroxylation sites is 1. The van der Waals surface area contributed by atoms with Crippen molar-refractivity contribution >= 4 is 22.7 Å². The lowest BCUT2D eigenvalue weighted by atomic mass is 10.0. The van der Waals surface area contributed by atoms with Crippen molar-refractivity contribution in [3.05, 3.63) is 52.8 Å². The first-order chi connectivity index (χ1) is 10.7. The number of aryl methyl sites for hydroxylation is 2. The molecular weight excluding hydrogens is 278 g/mol. The molecule has 1 aromatic carbocycles. The monoisotopic (exact) mass is 293 g/mol. The van der Waals surface area contributed by atoms with E-state index in [1.54, 1.807) is 0 Å². The molecule has 4 rings (SSSR count). The molecule has 2 heterocycles. The number of carbonyl (C=O) groups excluding carboxylic acids is 1. The van der Waals surface area contributed by atoms with E-state index in [0.29, 0.717) is 17.0 Å². The van der Waals surface area contributed by atoms with E-state index in [0.717, 1.165) is 41.6 Å². The topological polar surface area (TPSA) is 68.0 Å². The molecule has 5 nitrogen and oxygen atoms in total. The number of amides is 1. The van der Waals surface area contributed by atoms with Crippen LogP contribution in [-0.2, 0) is 12.8 Å². The number of nitrogens with one attached hydrogen (secondary N) is 1. The predicted molar refractivity (Wildman–Crippen MR) is 83.0 cm³/mol. The maximum absolute atomic E-state index is 12.8. The normalized spacial score (nSPS) is 13.3. The minimum absolute atomic E-state index is 0.122. The first kappa shape index (κ1) is 13.0. The molecule has 3 aromatic rings. The summed E-state index contributed by atoms with van der Waals surface area (Å²) in [6.07, 6.45) is 2.78. The Bertz CT molecular complexity index is 868. The number of nitrogens with zero attached hydrogens (tertiary/aromatic N) is 2. The number of hydrogen-bond acceptors (Lipinski definition) is 4. The fourth-order valence-corrected chi connectivity index (χ4v) is 3.08. The van der Waals surface area contributed by atoms with Gasteiger partial charge in [0.05, 0.1) is 16.6 Å². The number of fused-ring (bicyclic) bond motifs is 2. The second-order valence-corrected chi connectivity index (χ2v) is 5.53. The molecule has 1 aliphatic rings. The van der Waals surface area contributed by atoms with Crippen molar-refractivity contribution in [1.82, 2.24) is 10.1 Å². The largest absolute Gasteiger partial charge is 0.336 e. The van der Waals surface area contributed by atoms with E-state index in [2.05, 4.69) is 15.5 Å². The molecule has 0 atom stereocenters. The van der Waals surface area contributed by atoms with E-state index in [9.17, 15) is 4.79 Å². The van der Waals surface area contributed by atoms with E-state index < -0.39 is 0 Å². The Morgan fingerprint density at radius 3 is 2.86 bits per heavy atom. The van der Waals surface area contributed by atoms with Crippen LogP contribution in [0.2, 0.25) is 0 Å². The molecule has 5 heteroatoms. The maximum Gasteiger partial charge on any atom is 0.259 e. The molecule has 1 amide bonds. The zero-order valence-electron chi connectivity index (χ0n) is 12.2. The van der Waals surface area contributed by atoms with Crippen LogP contribution in [0, 0.1) is 6.92 Å².